The molecular formula is C13H19NO2. The van der Waals surface area contributed by atoms with Crippen LogP contribution in [0.1, 0.15) is 5.56 Å². The number of methoxy groups -OCH3 is 2. The lowest BCUT2D eigenvalue weighted by Crippen LogP contribution is -2.10. The monoisotopic (exact) mass is 221 g/mol. The fraction of sp³-hybridized carbons (Fsp3) is 0.385. The van der Waals surface area contributed by atoms with Crippen LogP contribution in [-0.4, -0.2) is 39.8 Å². The normalized spacial score (nSPS) is 11.1. The molecule has 0 radical (unpaired) electrons. The maximum Gasteiger partial charge on any atom is 0.161 e. The molecule has 0 aliphatic carbocycles. The van der Waals surface area contributed by atoms with Crippen LogP contribution in [0.15, 0.2) is 24.3 Å². The van der Waals surface area contributed by atoms with Gasteiger partial charge in [0.15, 0.2) is 11.5 Å². The molecule has 0 saturated heterocycles. The van der Waals surface area contributed by atoms with E-state index in [1.807, 2.05) is 32.3 Å². The highest BCUT2D eigenvalue weighted by molar-refractivity contribution is 5.55. The third kappa shape index (κ3) is 3.59. The van der Waals surface area contributed by atoms with Gasteiger partial charge in [-0.25, -0.2) is 0 Å². The van der Waals surface area contributed by atoms with E-state index in [4.69, 9.17) is 9.47 Å². The third-order valence-electron chi connectivity index (χ3n) is 2.19. The van der Waals surface area contributed by atoms with Gasteiger partial charge < -0.3 is 14.4 Å². The SMILES string of the molecule is COc1ccc(/C=C/CN(C)C)cc1OC. The van der Waals surface area contributed by atoms with Gasteiger partial charge in [-0.2, -0.15) is 0 Å². The van der Waals surface area contributed by atoms with E-state index in [-0.39, 0.29) is 0 Å². The van der Waals surface area contributed by atoms with Crippen molar-refractivity contribution in [2.45, 2.75) is 0 Å². The highest BCUT2D eigenvalue weighted by atomic mass is 16.5. The van der Waals surface area contributed by atoms with E-state index in [0.717, 1.165) is 23.6 Å². The Balaban J connectivity index is 2.78. The van der Waals surface area contributed by atoms with Crippen molar-refractivity contribution in [2.24, 2.45) is 0 Å². The molecule has 0 amide bonds. The molecule has 0 saturated carbocycles. The number of ether oxygens (including phenoxy) is 2. The molecular weight excluding hydrogens is 202 g/mol. The topological polar surface area (TPSA) is 21.7 Å². The van der Waals surface area contributed by atoms with Gasteiger partial charge >= 0.3 is 0 Å². The lowest BCUT2D eigenvalue weighted by molar-refractivity contribution is 0.355. The second kappa shape index (κ2) is 6.18. The quantitative estimate of drug-likeness (QED) is 0.761. The van der Waals surface area contributed by atoms with Crippen LogP contribution in [0.4, 0.5) is 0 Å². The minimum absolute atomic E-state index is 0.757. The zero-order valence-electron chi connectivity index (χ0n) is 10.4. The summed E-state index contributed by atoms with van der Waals surface area (Å²) in [6.07, 6.45) is 4.18. The molecule has 3 heteroatoms. The molecule has 0 aromatic heterocycles. The fourth-order valence-electron chi connectivity index (χ4n) is 1.36. The van der Waals surface area contributed by atoms with Gasteiger partial charge in [-0.1, -0.05) is 18.2 Å². The number of hydrogen-bond donors (Lipinski definition) is 0. The molecule has 0 aliphatic heterocycles. The molecule has 16 heavy (non-hydrogen) atoms. The number of likely N-dealkylation sites (N-methyl/N-ethyl adjacent to an activating group) is 1. The molecule has 0 unspecified atom stereocenters. The van der Waals surface area contributed by atoms with Crippen molar-refractivity contribution < 1.29 is 9.47 Å². The molecule has 3 nitrogen and oxygen atoms in total. The zero-order chi connectivity index (χ0) is 12.0. The molecule has 0 bridgehead atoms. The Morgan fingerprint density at radius 1 is 1.12 bits per heavy atom. The van der Waals surface area contributed by atoms with Gasteiger partial charge in [0.25, 0.3) is 0 Å². The third-order valence-corrected chi connectivity index (χ3v) is 2.19. The molecule has 0 N–H and O–H groups in total. The van der Waals surface area contributed by atoms with Gasteiger partial charge in [0.2, 0.25) is 0 Å². The van der Waals surface area contributed by atoms with Crippen LogP contribution in [0, 0.1) is 0 Å². The molecule has 0 aliphatic rings. The number of nitrogens with zero attached hydrogens (tertiary/aromatic N) is 1. The molecule has 1 aromatic rings. The second-order valence-electron chi connectivity index (χ2n) is 3.78. The molecule has 0 fully saturated rings. The maximum atomic E-state index is 5.23. The van der Waals surface area contributed by atoms with Crippen molar-refractivity contribution in [2.75, 3.05) is 34.9 Å². The van der Waals surface area contributed by atoms with Gasteiger partial charge in [-0.3, -0.25) is 0 Å². The fourth-order valence-corrected chi connectivity index (χ4v) is 1.36. The van der Waals surface area contributed by atoms with E-state index < -0.39 is 0 Å². The van der Waals surface area contributed by atoms with Crippen LogP contribution in [0.2, 0.25) is 0 Å². The Kier molecular flexibility index (Phi) is 4.86. The van der Waals surface area contributed by atoms with Gasteiger partial charge in [0, 0.05) is 6.54 Å². The zero-order valence-corrected chi connectivity index (χ0v) is 10.4. The highest BCUT2D eigenvalue weighted by Gasteiger charge is 2.02. The van der Waals surface area contributed by atoms with Gasteiger partial charge in [-0.05, 0) is 31.8 Å². The van der Waals surface area contributed by atoms with Gasteiger partial charge in [-0.15, -0.1) is 0 Å². The van der Waals surface area contributed by atoms with Crippen LogP contribution in [0.3, 0.4) is 0 Å². The van der Waals surface area contributed by atoms with Crippen LogP contribution in [0.25, 0.3) is 6.08 Å². The lowest BCUT2D eigenvalue weighted by atomic mass is 10.2. The van der Waals surface area contributed by atoms with E-state index >= 15 is 0 Å². The Labute approximate surface area is 97.3 Å². The predicted octanol–water partition coefficient (Wildman–Crippen LogP) is 2.28. The first-order valence-electron chi connectivity index (χ1n) is 5.20. The Hall–Kier alpha value is -1.48. The largest absolute Gasteiger partial charge is 0.493 e. The van der Waals surface area contributed by atoms with Crippen molar-refractivity contribution >= 4 is 6.08 Å². The standard InChI is InChI=1S/C13H19NO2/c1-14(2)9-5-6-11-7-8-12(15-3)13(10-11)16-4/h5-8,10H,9H2,1-4H3/b6-5+. The summed E-state index contributed by atoms with van der Waals surface area (Å²) in [5.41, 5.74) is 1.11. The highest BCUT2D eigenvalue weighted by Crippen LogP contribution is 2.27. The molecule has 0 heterocycles. The van der Waals surface area contributed by atoms with Crippen LogP contribution >= 0.6 is 0 Å². The van der Waals surface area contributed by atoms with Gasteiger partial charge in [0.05, 0.1) is 14.2 Å². The minimum atomic E-state index is 0.757. The summed E-state index contributed by atoms with van der Waals surface area (Å²) in [5, 5.41) is 0. The first-order chi connectivity index (χ1) is 7.67. The summed E-state index contributed by atoms with van der Waals surface area (Å²) < 4.78 is 10.4. The average Bonchev–Trinajstić information content (AvgIpc) is 2.28. The molecule has 1 rings (SSSR count). The van der Waals surface area contributed by atoms with Crippen molar-refractivity contribution in [3.63, 3.8) is 0 Å². The Bertz CT molecular complexity index is 359. The summed E-state index contributed by atoms with van der Waals surface area (Å²) in [5.74, 6) is 1.52. The van der Waals surface area contributed by atoms with Gasteiger partial charge in [0.1, 0.15) is 0 Å². The van der Waals surface area contributed by atoms with Crippen molar-refractivity contribution in [1.82, 2.24) is 4.90 Å². The smallest absolute Gasteiger partial charge is 0.161 e. The summed E-state index contributed by atoms with van der Waals surface area (Å²) in [4.78, 5) is 2.11. The number of rotatable bonds is 5. The first-order valence-corrected chi connectivity index (χ1v) is 5.20. The van der Waals surface area contributed by atoms with Crippen LogP contribution < -0.4 is 9.47 Å². The van der Waals surface area contributed by atoms with Crippen molar-refractivity contribution in [1.29, 1.82) is 0 Å². The second-order valence-corrected chi connectivity index (χ2v) is 3.78. The van der Waals surface area contributed by atoms with E-state index in [1.54, 1.807) is 14.2 Å². The van der Waals surface area contributed by atoms with Crippen molar-refractivity contribution in [3.05, 3.63) is 29.8 Å². The summed E-state index contributed by atoms with van der Waals surface area (Å²) >= 11 is 0. The van der Waals surface area contributed by atoms with Crippen LogP contribution in [0.5, 0.6) is 11.5 Å². The lowest BCUT2D eigenvalue weighted by Gasteiger charge is -2.08. The summed E-state index contributed by atoms with van der Waals surface area (Å²) in [6.45, 7) is 0.925. The number of hydrogen-bond acceptors (Lipinski definition) is 3. The van der Waals surface area contributed by atoms with Crippen molar-refractivity contribution in [3.8, 4) is 11.5 Å². The molecule has 0 atom stereocenters. The van der Waals surface area contributed by atoms with E-state index in [2.05, 4.69) is 17.1 Å². The number of benzene rings is 1. The Morgan fingerprint density at radius 2 is 1.81 bits per heavy atom. The van der Waals surface area contributed by atoms with E-state index in [9.17, 15) is 0 Å². The molecule has 88 valence electrons. The minimum Gasteiger partial charge on any atom is -0.493 e. The summed E-state index contributed by atoms with van der Waals surface area (Å²) in [7, 11) is 7.36. The Morgan fingerprint density at radius 3 is 2.38 bits per heavy atom. The predicted molar refractivity (Wildman–Crippen MR) is 67.1 cm³/mol. The average molecular weight is 221 g/mol. The van der Waals surface area contributed by atoms with E-state index in [1.165, 1.54) is 0 Å². The summed E-state index contributed by atoms with van der Waals surface area (Å²) in [6, 6.07) is 5.88. The first kappa shape index (κ1) is 12.6. The molecule has 1 aromatic carbocycles. The van der Waals surface area contributed by atoms with Crippen LogP contribution in [-0.2, 0) is 0 Å². The maximum absolute atomic E-state index is 5.23. The molecule has 0 spiro atoms. The van der Waals surface area contributed by atoms with E-state index in [0.29, 0.717) is 0 Å².